The Kier molecular flexibility index (Phi) is 6.35. The molecule has 1 saturated carbocycles. The third-order valence-electron chi connectivity index (χ3n) is 6.37. The van der Waals surface area contributed by atoms with Crippen molar-refractivity contribution in [1.29, 1.82) is 0 Å². The topological polar surface area (TPSA) is 112 Å². The predicted octanol–water partition coefficient (Wildman–Crippen LogP) is 4.41. The van der Waals surface area contributed by atoms with Gasteiger partial charge in [-0.25, -0.2) is 9.78 Å². The van der Waals surface area contributed by atoms with Crippen molar-refractivity contribution in [2.75, 3.05) is 13.1 Å². The Morgan fingerprint density at radius 2 is 1.83 bits per heavy atom. The average molecular weight is 487 g/mol. The van der Waals surface area contributed by atoms with Crippen LogP contribution >= 0.6 is 0 Å². The highest BCUT2D eigenvalue weighted by molar-refractivity contribution is 5.95. The molecule has 0 aromatic carbocycles. The highest BCUT2D eigenvalue weighted by Crippen LogP contribution is 2.52. The van der Waals surface area contributed by atoms with Gasteiger partial charge in [0.05, 0.1) is 11.3 Å². The van der Waals surface area contributed by atoms with Gasteiger partial charge in [-0.05, 0) is 62.3 Å². The van der Waals surface area contributed by atoms with E-state index in [1.54, 1.807) is 18.6 Å². The quantitative estimate of drug-likeness (QED) is 0.566. The monoisotopic (exact) mass is 487 g/mol. The first-order chi connectivity index (χ1) is 16.5. The molecule has 0 radical (unpaired) electrons. The summed E-state index contributed by atoms with van der Waals surface area (Å²) in [7, 11) is 0. The van der Waals surface area contributed by atoms with E-state index in [0.29, 0.717) is 11.0 Å². The Morgan fingerprint density at radius 1 is 1.11 bits per heavy atom. The van der Waals surface area contributed by atoms with E-state index in [-0.39, 0.29) is 5.91 Å². The largest absolute Gasteiger partial charge is 0.490 e. The van der Waals surface area contributed by atoms with Gasteiger partial charge in [-0.1, -0.05) is 0 Å². The molecule has 1 amide bonds. The number of aromatic nitrogens is 4. The summed E-state index contributed by atoms with van der Waals surface area (Å²) < 4.78 is 31.7. The van der Waals surface area contributed by atoms with Gasteiger partial charge in [-0.2, -0.15) is 13.2 Å². The zero-order valence-corrected chi connectivity index (χ0v) is 19.2. The van der Waals surface area contributed by atoms with Crippen LogP contribution in [0.25, 0.3) is 22.6 Å². The van der Waals surface area contributed by atoms with Crippen molar-refractivity contribution in [1.82, 2.24) is 24.8 Å². The summed E-state index contributed by atoms with van der Waals surface area (Å²) >= 11 is 0. The van der Waals surface area contributed by atoms with Crippen molar-refractivity contribution >= 4 is 11.9 Å². The number of carboxylic acid groups (broad SMARTS) is 1. The molecule has 0 bridgehead atoms. The number of halogens is 3. The molecule has 11 heteroatoms. The molecule has 1 saturated heterocycles. The lowest BCUT2D eigenvalue weighted by Gasteiger charge is -2.16. The zero-order chi connectivity index (χ0) is 25.4. The van der Waals surface area contributed by atoms with E-state index >= 15 is 0 Å². The maximum atomic E-state index is 12.9. The highest BCUT2D eigenvalue weighted by Gasteiger charge is 2.48. The van der Waals surface area contributed by atoms with Crippen LogP contribution in [0.5, 0.6) is 0 Å². The van der Waals surface area contributed by atoms with Crippen molar-refractivity contribution < 1.29 is 27.9 Å². The molecule has 4 heterocycles. The number of alkyl halides is 3. The summed E-state index contributed by atoms with van der Waals surface area (Å²) in [4.78, 5) is 40.4. The number of aromatic amines is 1. The van der Waals surface area contributed by atoms with Crippen LogP contribution in [0.2, 0.25) is 0 Å². The van der Waals surface area contributed by atoms with Crippen molar-refractivity contribution in [3.63, 3.8) is 0 Å². The maximum Gasteiger partial charge on any atom is 0.490 e. The minimum absolute atomic E-state index is 0.0877. The molecular weight excluding hydrogens is 463 g/mol. The number of amides is 1. The van der Waals surface area contributed by atoms with E-state index in [1.807, 2.05) is 36.9 Å². The molecule has 2 fully saturated rings. The van der Waals surface area contributed by atoms with Crippen molar-refractivity contribution in [3.05, 3.63) is 53.7 Å². The zero-order valence-electron chi connectivity index (χ0n) is 19.2. The molecule has 8 nitrogen and oxygen atoms in total. The first-order valence-electron chi connectivity index (χ1n) is 11.0. The number of carbonyl (C=O) groups is 2. The molecule has 2 aliphatic rings. The number of imidazole rings is 1. The smallest absolute Gasteiger partial charge is 0.475 e. The number of rotatable bonds is 3. The average Bonchev–Trinajstić information content (AvgIpc) is 3.32. The van der Waals surface area contributed by atoms with Crippen molar-refractivity contribution in [3.8, 4) is 22.6 Å². The first kappa shape index (κ1) is 24.4. The van der Waals surface area contributed by atoms with Crippen LogP contribution in [0.3, 0.4) is 0 Å². The van der Waals surface area contributed by atoms with E-state index in [9.17, 15) is 18.0 Å². The number of carbonyl (C=O) groups excluding carboxylic acids is 1. The normalized spacial score (nSPS) is 16.1. The molecule has 0 unspecified atom stereocenters. The fraction of sp³-hybridized carbons (Fsp3) is 0.375. The lowest BCUT2D eigenvalue weighted by molar-refractivity contribution is -0.192. The lowest BCUT2D eigenvalue weighted by atomic mass is 10.1. The van der Waals surface area contributed by atoms with Gasteiger partial charge in [0.1, 0.15) is 5.69 Å². The van der Waals surface area contributed by atoms with Crippen molar-refractivity contribution in [2.45, 2.75) is 39.3 Å². The summed E-state index contributed by atoms with van der Waals surface area (Å²) in [6.45, 7) is 5.73. The first-order valence-corrected chi connectivity index (χ1v) is 11.0. The third-order valence-corrected chi connectivity index (χ3v) is 6.37. The Morgan fingerprint density at radius 3 is 2.40 bits per heavy atom. The number of H-pyrrole nitrogens is 1. The predicted molar refractivity (Wildman–Crippen MR) is 120 cm³/mol. The molecule has 3 aromatic heterocycles. The van der Waals surface area contributed by atoms with Gasteiger partial charge in [-0.3, -0.25) is 14.8 Å². The molecule has 184 valence electrons. The van der Waals surface area contributed by atoms with Crippen molar-refractivity contribution in [2.24, 2.45) is 5.41 Å². The molecule has 35 heavy (non-hydrogen) atoms. The standard InChI is InChI=1S/C22H23N5O.C2HF3O2/c1-14-15(2)26-20(25-14)19-10-16(3-7-24-19)17-9-18(12-23-11-17)21(28)27-8-6-22(13-27)4-5-22;3-2(4,5)1(6)7/h3,7,9-12H,4-6,8,13H2,1-2H3,(H,25,26);(H,6,7). The van der Waals surface area contributed by atoms with Gasteiger partial charge in [0.2, 0.25) is 0 Å². The number of aliphatic carboxylic acids is 1. The van der Waals surface area contributed by atoms with E-state index in [1.165, 1.54) is 12.8 Å². The number of hydrogen-bond acceptors (Lipinski definition) is 5. The fourth-order valence-electron chi connectivity index (χ4n) is 4.00. The van der Waals surface area contributed by atoms with Crippen LogP contribution in [-0.2, 0) is 4.79 Å². The van der Waals surface area contributed by atoms with Gasteiger partial charge >= 0.3 is 12.1 Å². The maximum absolute atomic E-state index is 12.9. The minimum atomic E-state index is -5.08. The van der Waals surface area contributed by atoms with Crippen LogP contribution in [0.1, 0.15) is 41.0 Å². The molecule has 1 aliphatic heterocycles. The number of pyridine rings is 2. The van der Waals surface area contributed by atoms with Gasteiger partial charge in [0, 0.05) is 42.9 Å². The Bertz CT molecular complexity index is 1250. The van der Waals surface area contributed by atoms with E-state index in [0.717, 1.165) is 53.5 Å². The SMILES string of the molecule is Cc1nc(-c2cc(-c3cncc(C(=O)N4CCC5(CC5)C4)c3)ccn2)[nH]c1C.O=C(O)C(F)(F)F. The Balaban J connectivity index is 0.000000364. The summed E-state index contributed by atoms with van der Waals surface area (Å²) in [6, 6.07) is 5.86. The fourth-order valence-corrected chi connectivity index (χ4v) is 4.00. The van der Waals surface area contributed by atoms with Crippen LogP contribution in [0.4, 0.5) is 13.2 Å². The van der Waals surface area contributed by atoms with Gasteiger partial charge < -0.3 is 15.0 Å². The Labute approximate surface area is 199 Å². The van der Waals surface area contributed by atoms with Gasteiger partial charge in [0.15, 0.2) is 5.82 Å². The molecule has 5 rings (SSSR count). The summed E-state index contributed by atoms with van der Waals surface area (Å²) in [5.41, 5.74) is 5.75. The summed E-state index contributed by atoms with van der Waals surface area (Å²) in [5, 5.41) is 7.12. The number of nitrogens with one attached hydrogen (secondary N) is 1. The van der Waals surface area contributed by atoms with E-state index in [4.69, 9.17) is 9.90 Å². The molecular formula is C24H24F3N5O3. The second-order valence-electron chi connectivity index (χ2n) is 8.97. The number of aryl methyl sites for hydroxylation is 2. The lowest BCUT2D eigenvalue weighted by Crippen LogP contribution is -2.29. The second-order valence-corrected chi connectivity index (χ2v) is 8.97. The number of likely N-dealkylation sites (tertiary alicyclic amines) is 1. The number of nitrogens with zero attached hydrogens (tertiary/aromatic N) is 4. The van der Waals surface area contributed by atoms with Crippen LogP contribution in [0.15, 0.2) is 36.8 Å². The molecule has 3 aromatic rings. The minimum Gasteiger partial charge on any atom is -0.475 e. The number of carboxylic acids is 1. The summed E-state index contributed by atoms with van der Waals surface area (Å²) in [5.74, 6) is -1.92. The number of hydrogen-bond donors (Lipinski definition) is 2. The Hall–Kier alpha value is -3.76. The molecule has 1 aliphatic carbocycles. The molecule has 1 spiro atoms. The summed E-state index contributed by atoms with van der Waals surface area (Å²) in [6.07, 6.45) is 3.82. The van der Waals surface area contributed by atoms with E-state index < -0.39 is 12.1 Å². The van der Waals surface area contributed by atoms with E-state index in [2.05, 4.69) is 19.9 Å². The second kappa shape index (κ2) is 9.12. The van der Waals surface area contributed by atoms with Crippen LogP contribution < -0.4 is 0 Å². The van der Waals surface area contributed by atoms with Gasteiger partial charge in [-0.15, -0.1) is 0 Å². The van der Waals surface area contributed by atoms with Gasteiger partial charge in [0.25, 0.3) is 5.91 Å². The van der Waals surface area contributed by atoms with Crippen LogP contribution in [-0.4, -0.2) is 61.1 Å². The molecule has 2 N–H and O–H groups in total. The third kappa shape index (κ3) is 5.50. The van der Waals surface area contributed by atoms with Crippen LogP contribution in [0, 0.1) is 19.3 Å². The molecule has 0 atom stereocenters. The highest BCUT2D eigenvalue weighted by atomic mass is 19.4.